The van der Waals surface area contributed by atoms with Crippen LogP contribution in [0.4, 0.5) is 0 Å². The van der Waals surface area contributed by atoms with Gasteiger partial charge in [0.2, 0.25) is 5.91 Å². The number of carboxylic acid groups (broad SMARTS) is 1. The quantitative estimate of drug-likeness (QED) is 0.751. The fourth-order valence-corrected chi connectivity index (χ4v) is 2.19. The largest absolute Gasteiger partial charge is 0.481 e. The summed E-state index contributed by atoms with van der Waals surface area (Å²) in [6.07, 6.45) is 3.65. The zero-order valence-corrected chi connectivity index (χ0v) is 13.1. The highest BCUT2D eigenvalue weighted by Crippen LogP contribution is 2.19. The van der Waals surface area contributed by atoms with Crippen LogP contribution in [0.25, 0.3) is 6.08 Å². The minimum Gasteiger partial charge on any atom is -0.481 e. The van der Waals surface area contributed by atoms with E-state index in [2.05, 4.69) is 5.32 Å². The van der Waals surface area contributed by atoms with Crippen LogP contribution < -0.4 is 5.32 Å². The summed E-state index contributed by atoms with van der Waals surface area (Å²) in [6, 6.07) is 5.02. The summed E-state index contributed by atoms with van der Waals surface area (Å²) in [6.45, 7) is 2.33. The van der Waals surface area contributed by atoms with Gasteiger partial charge >= 0.3 is 5.97 Å². The molecule has 0 aliphatic rings. The van der Waals surface area contributed by atoms with Gasteiger partial charge in [0.25, 0.3) is 0 Å². The molecule has 0 fully saturated rings. The van der Waals surface area contributed by atoms with Crippen LogP contribution in [-0.2, 0) is 9.59 Å². The first kappa shape index (κ1) is 17.5. The normalized spacial score (nSPS) is 12.3. The molecule has 1 rings (SSSR count). The number of carbonyl (C=O) groups excluding carboxylic acids is 1. The number of halogens is 2. The lowest BCUT2D eigenvalue weighted by molar-refractivity contribution is -0.137. The Morgan fingerprint density at radius 2 is 1.90 bits per heavy atom. The van der Waals surface area contributed by atoms with Crippen molar-refractivity contribution in [2.24, 2.45) is 5.92 Å². The van der Waals surface area contributed by atoms with Gasteiger partial charge in [-0.15, -0.1) is 0 Å². The van der Waals surface area contributed by atoms with Crippen molar-refractivity contribution >= 4 is 41.2 Å². The van der Waals surface area contributed by atoms with Gasteiger partial charge in [-0.3, -0.25) is 9.59 Å². The third-order valence-corrected chi connectivity index (χ3v) is 3.22. The third-order valence-electron chi connectivity index (χ3n) is 2.79. The molecule has 0 aliphatic heterocycles. The van der Waals surface area contributed by atoms with Crippen molar-refractivity contribution in [1.29, 1.82) is 0 Å². The van der Waals surface area contributed by atoms with E-state index in [9.17, 15) is 9.59 Å². The Labute approximate surface area is 133 Å². The van der Waals surface area contributed by atoms with Crippen LogP contribution in [0.15, 0.2) is 24.3 Å². The molecule has 0 aromatic heterocycles. The Balaban J connectivity index is 2.42. The monoisotopic (exact) mass is 329 g/mol. The van der Waals surface area contributed by atoms with Crippen LogP contribution >= 0.6 is 23.2 Å². The molecule has 1 unspecified atom stereocenters. The maximum atomic E-state index is 11.6. The van der Waals surface area contributed by atoms with Gasteiger partial charge in [0.15, 0.2) is 0 Å². The van der Waals surface area contributed by atoms with Crippen LogP contribution in [-0.4, -0.2) is 23.5 Å². The van der Waals surface area contributed by atoms with Crippen molar-refractivity contribution in [2.75, 3.05) is 6.54 Å². The SMILES string of the molecule is CC(CCC(=O)O)CNC(=O)/C=C/c1cc(Cl)cc(Cl)c1. The molecule has 4 nitrogen and oxygen atoms in total. The summed E-state index contributed by atoms with van der Waals surface area (Å²) < 4.78 is 0. The van der Waals surface area contributed by atoms with E-state index in [4.69, 9.17) is 28.3 Å². The van der Waals surface area contributed by atoms with Gasteiger partial charge in [-0.25, -0.2) is 0 Å². The van der Waals surface area contributed by atoms with E-state index in [-0.39, 0.29) is 18.2 Å². The molecular formula is C15H17Cl2NO3. The molecule has 114 valence electrons. The molecule has 6 heteroatoms. The topological polar surface area (TPSA) is 66.4 Å². The molecule has 1 atom stereocenters. The van der Waals surface area contributed by atoms with Crippen molar-refractivity contribution in [3.05, 3.63) is 39.9 Å². The number of amides is 1. The van der Waals surface area contributed by atoms with E-state index >= 15 is 0 Å². The number of nitrogens with one attached hydrogen (secondary N) is 1. The first-order valence-electron chi connectivity index (χ1n) is 6.50. The molecule has 0 saturated carbocycles. The van der Waals surface area contributed by atoms with E-state index in [1.807, 2.05) is 6.92 Å². The number of carbonyl (C=O) groups is 2. The van der Waals surface area contributed by atoms with Gasteiger partial charge in [-0.2, -0.15) is 0 Å². The molecular weight excluding hydrogens is 313 g/mol. The maximum absolute atomic E-state index is 11.6. The van der Waals surface area contributed by atoms with Crippen molar-refractivity contribution in [3.8, 4) is 0 Å². The van der Waals surface area contributed by atoms with Crippen LogP contribution in [0.2, 0.25) is 10.0 Å². The van der Waals surface area contributed by atoms with Gasteiger partial charge in [-0.05, 0) is 42.2 Å². The summed E-state index contributed by atoms with van der Waals surface area (Å²) in [4.78, 5) is 22.1. The van der Waals surface area contributed by atoms with E-state index in [0.717, 1.165) is 5.56 Å². The molecule has 0 bridgehead atoms. The van der Waals surface area contributed by atoms with Crippen molar-refractivity contribution in [1.82, 2.24) is 5.32 Å². The van der Waals surface area contributed by atoms with Crippen molar-refractivity contribution in [2.45, 2.75) is 19.8 Å². The molecule has 1 amide bonds. The molecule has 21 heavy (non-hydrogen) atoms. The van der Waals surface area contributed by atoms with Gasteiger partial charge in [0.05, 0.1) is 0 Å². The Hall–Kier alpha value is -1.52. The smallest absolute Gasteiger partial charge is 0.303 e. The van der Waals surface area contributed by atoms with Crippen molar-refractivity contribution < 1.29 is 14.7 Å². The lowest BCUT2D eigenvalue weighted by atomic mass is 10.1. The molecule has 0 spiro atoms. The summed E-state index contributed by atoms with van der Waals surface area (Å²) in [5.41, 5.74) is 0.738. The minimum atomic E-state index is -0.828. The second-order valence-corrected chi connectivity index (χ2v) is 5.69. The van der Waals surface area contributed by atoms with E-state index < -0.39 is 5.97 Å². The average Bonchev–Trinajstić information content (AvgIpc) is 2.39. The lowest BCUT2D eigenvalue weighted by Crippen LogP contribution is -2.26. The maximum Gasteiger partial charge on any atom is 0.303 e. The Morgan fingerprint density at radius 3 is 2.48 bits per heavy atom. The van der Waals surface area contributed by atoms with Crippen molar-refractivity contribution in [3.63, 3.8) is 0 Å². The standard InChI is InChI=1S/C15H17Cl2NO3/c1-10(2-5-15(20)21)9-18-14(19)4-3-11-6-12(16)8-13(17)7-11/h3-4,6-8,10H,2,5,9H2,1H3,(H,18,19)(H,20,21)/b4-3+. The first-order chi connectivity index (χ1) is 9.86. The first-order valence-corrected chi connectivity index (χ1v) is 7.26. The number of hydrogen-bond acceptors (Lipinski definition) is 2. The number of hydrogen-bond donors (Lipinski definition) is 2. The Morgan fingerprint density at radius 1 is 1.29 bits per heavy atom. The van der Waals surface area contributed by atoms with Crippen LogP contribution in [0.3, 0.4) is 0 Å². The summed E-state index contributed by atoms with van der Waals surface area (Å²) >= 11 is 11.7. The molecule has 0 saturated heterocycles. The molecule has 2 N–H and O–H groups in total. The predicted molar refractivity (Wildman–Crippen MR) is 84.5 cm³/mol. The third kappa shape index (κ3) is 7.73. The van der Waals surface area contributed by atoms with Crippen LogP contribution in [0, 0.1) is 5.92 Å². The second-order valence-electron chi connectivity index (χ2n) is 4.82. The predicted octanol–water partition coefficient (Wildman–Crippen LogP) is 3.62. The van der Waals surface area contributed by atoms with Gasteiger partial charge in [-0.1, -0.05) is 30.1 Å². The Kier molecular flexibility index (Phi) is 7.26. The van der Waals surface area contributed by atoms with Gasteiger partial charge < -0.3 is 10.4 Å². The second kappa shape index (κ2) is 8.70. The average molecular weight is 330 g/mol. The summed E-state index contributed by atoms with van der Waals surface area (Å²) in [5, 5.41) is 12.3. The van der Waals surface area contributed by atoms with E-state index in [0.29, 0.717) is 23.0 Å². The van der Waals surface area contributed by atoms with E-state index in [1.165, 1.54) is 6.08 Å². The molecule has 1 aromatic carbocycles. The lowest BCUT2D eigenvalue weighted by Gasteiger charge is -2.09. The van der Waals surface area contributed by atoms with E-state index in [1.54, 1.807) is 24.3 Å². The van der Waals surface area contributed by atoms with Crippen LogP contribution in [0.5, 0.6) is 0 Å². The van der Waals surface area contributed by atoms with Gasteiger partial charge in [0, 0.05) is 29.1 Å². The van der Waals surface area contributed by atoms with Crippen LogP contribution in [0.1, 0.15) is 25.3 Å². The fourth-order valence-electron chi connectivity index (χ4n) is 1.65. The highest BCUT2D eigenvalue weighted by atomic mass is 35.5. The fraction of sp³-hybridized carbons (Fsp3) is 0.333. The zero-order chi connectivity index (χ0) is 15.8. The number of benzene rings is 1. The number of aliphatic carboxylic acids is 1. The molecule has 0 radical (unpaired) electrons. The number of carboxylic acids is 1. The summed E-state index contributed by atoms with van der Waals surface area (Å²) in [5.74, 6) is -0.960. The molecule has 0 aliphatic carbocycles. The molecule has 0 heterocycles. The number of rotatable bonds is 7. The highest BCUT2D eigenvalue weighted by molar-refractivity contribution is 6.34. The minimum absolute atomic E-state index is 0.105. The van der Waals surface area contributed by atoms with Gasteiger partial charge in [0.1, 0.15) is 0 Å². The highest BCUT2D eigenvalue weighted by Gasteiger charge is 2.06. The zero-order valence-electron chi connectivity index (χ0n) is 11.6. The Bertz CT molecular complexity index is 523. The summed E-state index contributed by atoms with van der Waals surface area (Å²) in [7, 11) is 0. The molecule has 1 aromatic rings.